The summed E-state index contributed by atoms with van der Waals surface area (Å²) in [6, 6.07) is 21.1. The standard InChI is InChI=1S/C25H19NO4/c1-16(27)26-19-10-7-17(8-11-19)9-14-22-24(18-5-3-2-4-6-18)25(29)21-13-12-20(28)15-23(21)30-22/h2-15,28H,1H3,(H,26,27)/b14-9+. The maximum absolute atomic E-state index is 13.2. The Balaban J connectivity index is 1.81. The van der Waals surface area contributed by atoms with Crippen LogP contribution < -0.4 is 10.7 Å². The lowest BCUT2D eigenvalue weighted by Gasteiger charge is -2.08. The summed E-state index contributed by atoms with van der Waals surface area (Å²) in [6.07, 6.45) is 3.57. The van der Waals surface area contributed by atoms with Crippen molar-refractivity contribution in [2.24, 2.45) is 0 Å². The van der Waals surface area contributed by atoms with Gasteiger partial charge in [-0.3, -0.25) is 9.59 Å². The summed E-state index contributed by atoms with van der Waals surface area (Å²) in [5.74, 6) is 0.295. The van der Waals surface area contributed by atoms with Crippen LogP contribution in [0.3, 0.4) is 0 Å². The maximum atomic E-state index is 13.2. The molecule has 3 aromatic carbocycles. The molecule has 5 heteroatoms. The Labute approximate surface area is 172 Å². The molecule has 0 aliphatic heterocycles. The highest BCUT2D eigenvalue weighted by Gasteiger charge is 2.15. The van der Waals surface area contributed by atoms with Crippen LogP contribution in [0, 0.1) is 0 Å². The van der Waals surface area contributed by atoms with Gasteiger partial charge in [0, 0.05) is 18.7 Å². The number of amides is 1. The Bertz CT molecular complexity index is 1300. The van der Waals surface area contributed by atoms with Crippen LogP contribution in [0.1, 0.15) is 18.2 Å². The molecule has 5 nitrogen and oxygen atoms in total. The number of benzene rings is 3. The van der Waals surface area contributed by atoms with Gasteiger partial charge in [-0.15, -0.1) is 0 Å². The molecule has 2 N–H and O–H groups in total. The van der Waals surface area contributed by atoms with Crippen molar-refractivity contribution < 1.29 is 14.3 Å². The fourth-order valence-corrected chi connectivity index (χ4v) is 3.25. The van der Waals surface area contributed by atoms with Gasteiger partial charge in [0.05, 0.1) is 10.9 Å². The molecule has 0 radical (unpaired) electrons. The van der Waals surface area contributed by atoms with Crippen LogP contribution in [0.25, 0.3) is 34.2 Å². The van der Waals surface area contributed by atoms with Crippen LogP contribution in [-0.4, -0.2) is 11.0 Å². The number of hydrogen-bond acceptors (Lipinski definition) is 4. The Morgan fingerprint density at radius 3 is 2.40 bits per heavy atom. The van der Waals surface area contributed by atoms with Gasteiger partial charge in [-0.2, -0.15) is 0 Å². The first-order valence-corrected chi connectivity index (χ1v) is 9.42. The van der Waals surface area contributed by atoms with Crippen molar-refractivity contribution in [1.82, 2.24) is 0 Å². The number of phenols is 1. The van der Waals surface area contributed by atoms with Crippen LogP contribution in [0.4, 0.5) is 5.69 Å². The third-order valence-electron chi connectivity index (χ3n) is 4.62. The van der Waals surface area contributed by atoms with Gasteiger partial charge in [0.2, 0.25) is 11.3 Å². The quantitative estimate of drug-likeness (QED) is 0.490. The second-order valence-corrected chi connectivity index (χ2v) is 6.85. The highest BCUT2D eigenvalue weighted by Crippen LogP contribution is 2.28. The van der Waals surface area contributed by atoms with E-state index in [0.717, 1.165) is 11.1 Å². The van der Waals surface area contributed by atoms with E-state index in [1.165, 1.54) is 19.1 Å². The Hall–Kier alpha value is -4.12. The van der Waals surface area contributed by atoms with E-state index in [1.54, 1.807) is 24.3 Å². The van der Waals surface area contributed by atoms with Crippen LogP contribution in [0.5, 0.6) is 5.75 Å². The zero-order valence-electron chi connectivity index (χ0n) is 16.3. The van der Waals surface area contributed by atoms with E-state index in [1.807, 2.05) is 48.5 Å². The number of carbonyl (C=O) groups is 1. The van der Waals surface area contributed by atoms with E-state index < -0.39 is 0 Å². The Morgan fingerprint density at radius 1 is 0.967 bits per heavy atom. The predicted octanol–water partition coefficient (Wildman–Crippen LogP) is 5.29. The molecule has 0 fully saturated rings. The molecule has 0 saturated heterocycles. The van der Waals surface area contributed by atoms with E-state index in [-0.39, 0.29) is 17.1 Å². The largest absolute Gasteiger partial charge is 0.508 e. The van der Waals surface area contributed by atoms with Crippen molar-refractivity contribution in [2.75, 3.05) is 5.32 Å². The number of nitrogens with one attached hydrogen (secondary N) is 1. The minimum atomic E-state index is -0.164. The molecule has 0 unspecified atom stereocenters. The zero-order valence-corrected chi connectivity index (χ0v) is 16.3. The molecular formula is C25H19NO4. The first kappa shape index (κ1) is 19.2. The summed E-state index contributed by atoms with van der Waals surface area (Å²) >= 11 is 0. The molecule has 0 spiro atoms. The molecule has 148 valence electrons. The summed E-state index contributed by atoms with van der Waals surface area (Å²) in [6.45, 7) is 1.46. The number of anilines is 1. The van der Waals surface area contributed by atoms with Crippen LogP contribution in [-0.2, 0) is 4.79 Å². The first-order valence-electron chi connectivity index (χ1n) is 9.42. The van der Waals surface area contributed by atoms with Gasteiger partial charge in [0.1, 0.15) is 17.1 Å². The van der Waals surface area contributed by atoms with Crippen molar-refractivity contribution >= 4 is 34.7 Å². The molecule has 1 amide bonds. The maximum Gasteiger partial charge on any atom is 0.221 e. The molecule has 0 aliphatic rings. The Morgan fingerprint density at radius 2 is 1.70 bits per heavy atom. The topological polar surface area (TPSA) is 79.5 Å². The van der Waals surface area contributed by atoms with Crippen LogP contribution >= 0.6 is 0 Å². The average molecular weight is 397 g/mol. The van der Waals surface area contributed by atoms with Gasteiger partial charge in [-0.25, -0.2) is 0 Å². The average Bonchev–Trinajstić information content (AvgIpc) is 2.73. The smallest absolute Gasteiger partial charge is 0.221 e. The lowest BCUT2D eigenvalue weighted by atomic mass is 10.0. The molecule has 0 bridgehead atoms. The number of hydrogen-bond donors (Lipinski definition) is 2. The molecule has 4 aromatic rings. The lowest BCUT2D eigenvalue weighted by molar-refractivity contribution is -0.114. The highest BCUT2D eigenvalue weighted by atomic mass is 16.3. The number of fused-ring (bicyclic) bond motifs is 1. The predicted molar refractivity (Wildman–Crippen MR) is 119 cm³/mol. The SMILES string of the molecule is CC(=O)Nc1ccc(/C=C/c2oc3cc(O)ccc3c(=O)c2-c2ccccc2)cc1. The third kappa shape index (κ3) is 4.00. The van der Waals surface area contributed by atoms with Crippen LogP contribution in [0.2, 0.25) is 0 Å². The summed E-state index contributed by atoms with van der Waals surface area (Å²) in [5, 5.41) is 12.9. The van der Waals surface area contributed by atoms with Gasteiger partial charge in [-0.05, 0) is 41.5 Å². The van der Waals surface area contributed by atoms with Gasteiger partial charge >= 0.3 is 0 Å². The molecule has 1 aromatic heterocycles. The summed E-state index contributed by atoms with van der Waals surface area (Å²) in [4.78, 5) is 24.4. The number of carbonyl (C=O) groups excluding carboxylic acids is 1. The van der Waals surface area contributed by atoms with Gasteiger partial charge in [0.15, 0.2) is 0 Å². The van der Waals surface area contributed by atoms with E-state index in [2.05, 4.69) is 5.32 Å². The van der Waals surface area contributed by atoms with Gasteiger partial charge in [-0.1, -0.05) is 48.5 Å². The minimum absolute atomic E-state index is 0.0293. The molecule has 1 heterocycles. The zero-order chi connectivity index (χ0) is 21.1. The highest BCUT2D eigenvalue weighted by molar-refractivity contribution is 5.89. The molecule has 0 aliphatic carbocycles. The summed E-state index contributed by atoms with van der Waals surface area (Å²) < 4.78 is 6.00. The fourth-order valence-electron chi connectivity index (χ4n) is 3.25. The van der Waals surface area contributed by atoms with E-state index in [4.69, 9.17) is 4.42 Å². The number of phenolic OH excluding ortho intramolecular Hbond substituents is 1. The van der Waals surface area contributed by atoms with Crippen molar-refractivity contribution in [3.05, 3.63) is 94.3 Å². The second-order valence-electron chi connectivity index (χ2n) is 6.85. The lowest BCUT2D eigenvalue weighted by Crippen LogP contribution is -2.07. The molecule has 30 heavy (non-hydrogen) atoms. The molecule has 4 rings (SSSR count). The molecule has 0 saturated carbocycles. The number of aromatic hydroxyl groups is 1. The monoisotopic (exact) mass is 397 g/mol. The first-order chi connectivity index (χ1) is 14.5. The molecule has 0 atom stereocenters. The van der Waals surface area contributed by atoms with E-state index in [0.29, 0.717) is 28.0 Å². The van der Waals surface area contributed by atoms with E-state index >= 15 is 0 Å². The van der Waals surface area contributed by atoms with Crippen molar-refractivity contribution in [2.45, 2.75) is 6.92 Å². The van der Waals surface area contributed by atoms with Crippen molar-refractivity contribution in [3.63, 3.8) is 0 Å². The summed E-state index contributed by atoms with van der Waals surface area (Å²) in [5.41, 5.74) is 2.95. The third-order valence-corrected chi connectivity index (χ3v) is 4.62. The summed E-state index contributed by atoms with van der Waals surface area (Å²) in [7, 11) is 0. The second kappa shape index (κ2) is 8.09. The van der Waals surface area contributed by atoms with E-state index in [9.17, 15) is 14.7 Å². The van der Waals surface area contributed by atoms with Crippen LogP contribution in [0.15, 0.2) is 82.0 Å². The minimum Gasteiger partial charge on any atom is -0.508 e. The Kier molecular flexibility index (Phi) is 5.18. The van der Waals surface area contributed by atoms with Crippen molar-refractivity contribution in [1.29, 1.82) is 0 Å². The normalized spacial score (nSPS) is 11.1. The fraction of sp³-hybridized carbons (Fsp3) is 0.0400. The molecular weight excluding hydrogens is 378 g/mol. The van der Waals surface area contributed by atoms with Gasteiger partial charge in [0.25, 0.3) is 0 Å². The number of rotatable bonds is 4. The van der Waals surface area contributed by atoms with Gasteiger partial charge < -0.3 is 14.8 Å². The van der Waals surface area contributed by atoms with Crippen molar-refractivity contribution in [3.8, 4) is 16.9 Å².